The molecule has 2 aliphatic carbocycles. The van der Waals surface area contributed by atoms with Gasteiger partial charge in [0.25, 0.3) is 0 Å². The number of benzene rings is 10. The maximum atomic E-state index is 2.54. The minimum Gasteiger partial charge on any atom is -0.310 e. The molecule has 10 aromatic carbocycles. The molecule has 10 aromatic rings. The van der Waals surface area contributed by atoms with Crippen molar-refractivity contribution in [3.8, 4) is 33.4 Å². The van der Waals surface area contributed by atoms with Crippen molar-refractivity contribution in [1.82, 2.24) is 0 Å². The quantitative estimate of drug-likeness (QED) is 0.163. The minimum atomic E-state index is -0.442. The number of rotatable bonds is 6. The molecule has 0 heterocycles. The van der Waals surface area contributed by atoms with Gasteiger partial charge in [-0.3, -0.25) is 0 Å². The summed E-state index contributed by atoms with van der Waals surface area (Å²) in [7, 11) is 0. The number of hydrogen-bond acceptors (Lipinski definition) is 1. The molecular weight excluding hydrogens is 735 g/mol. The van der Waals surface area contributed by atoms with Gasteiger partial charge < -0.3 is 4.90 Å². The van der Waals surface area contributed by atoms with E-state index in [9.17, 15) is 0 Å². The third-order valence-corrected chi connectivity index (χ3v) is 13.7. The molecule has 0 fully saturated rings. The molecule has 61 heavy (non-hydrogen) atoms. The summed E-state index contributed by atoms with van der Waals surface area (Å²) in [5.41, 5.74) is 18.4. The summed E-state index contributed by atoms with van der Waals surface area (Å²) in [4.78, 5) is 2.46. The number of nitrogens with zero attached hydrogens (tertiary/aromatic N) is 1. The van der Waals surface area contributed by atoms with E-state index in [1.54, 1.807) is 0 Å². The Morgan fingerprint density at radius 3 is 1.56 bits per heavy atom. The van der Waals surface area contributed by atoms with Gasteiger partial charge in [0.05, 0.1) is 11.1 Å². The molecule has 2 aliphatic rings. The second-order valence-electron chi connectivity index (χ2n) is 17.2. The molecule has 0 spiro atoms. The highest BCUT2D eigenvalue weighted by Gasteiger charge is 2.47. The molecule has 0 bridgehead atoms. The van der Waals surface area contributed by atoms with Crippen LogP contribution < -0.4 is 4.90 Å². The van der Waals surface area contributed by atoms with E-state index in [1.165, 1.54) is 88.3 Å². The molecule has 0 aromatic heterocycles. The van der Waals surface area contributed by atoms with Gasteiger partial charge in [-0.2, -0.15) is 0 Å². The van der Waals surface area contributed by atoms with E-state index in [2.05, 4.69) is 243 Å². The van der Waals surface area contributed by atoms with E-state index in [0.717, 1.165) is 17.1 Å². The minimum absolute atomic E-state index is 0.255. The fraction of sp³-hybridized carbons (Fsp3) is 0.0667. The van der Waals surface area contributed by atoms with Crippen molar-refractivity contribution in [3.05, 3.63) is 258 Å². The van der Waals surface area contributed by atoms with Crippen molar-refractivity contribution in [2.24, 2.45) is 0 Å². The van der Waals surface area contributed by atoms with Crippen LogP contribution in [0.25, 0.3) is 54.9 Å². The molecule has 0 saturated heterocycles. The lowest BCUT2D eigenvalue weighted by atomic mass is 9.66. The summed E-state index contributed by atoms with van der Waals surface area (Å²) < 4.78 is 0. The van der Waals surface area contributed by atoms with Gasteiger partial charge in [-0.15, -0.1) is 0 Å². The molecule has 0 N–H and O–H groups in total. The first kappa shape index (κ1) is 35.5. The average molecular weight is 778 g/mol. The van der Waals surface area contributed by atoms with Crippen molar-refractivity contribution >= 4 is 38.6 Å². The van der Waals surface area contributed by atoms with Crippen LogP contribution in [0.3, 0.4) is 0 Å². The van der Waals surface area contributed by atoms with Crippen molar-refractivity contribution in [2.45, 2.75) is 24.7 Å². The van der Waals surface area contributed by atoms with Gasteiger partial charge in [0.2, 0.25) is 0 Å². The molecule has 0 saturated carbocycles. The zero-order valence-corrected chi connectivity index (χ0v) is 34.3. The summed E-state index contributed by atoms with van der Waals surface area (Å²) in [5, 5.41) is 4.96. The van der Waals surface area contributed by atoms with Crippen molar-refractivity contribution in [3.63, 3.8) is 0 Å². The van der Waals surface area contributed by atoms with Crippen LogP contribution in [0.4, 0.5) is 17.1 Å². The average Bonchev–Trinajstić information content (AvgIpc) is 3.74. The summed E-state index contributed by atoms with van der Waals surface area (Å²) in [6, 6.07) is 83.5. The Bertz CT molecular complexity index is 3280. The Labute approximate surface area is 357 Å². The summed E-state index contributed by atoms with van der Waals surface area (Å²) in [6.45, 7) is 4.83. The molecule has 0 aliphatic heterocycles. The maximum Gasteiger partial charge on any atom is 0.0713 e. The van der Waals surface area contributed by atoms with Crippen molar-refractivity contribution in [1.29, 1.82) is 0 Å². The molecule has 1 heteroatoms. The van der Waals surface area contributed by atoms with Gasteiger partial charge in [0.15, 0.2) is 0 Å². The Morgan fingerprint density at radius 1 is 0.328 bits per heavy atom. The third-order valence-electron chi connectivity index (χ3n) is 13.7. The van der Waals surface area contributed by atoms with Crippen molar-refractivity contribution < 1.29 is 0 Å². The lowest BCUT2D eigenvalue weighted by Crippen LogP contribution is -2.29. The first-order valence-corrected chi connectivity index (χ1v) is 21.4. The van der Waals surface area contributed by atoms with Crippen LogP contribution in [0.1, 0.15) is 47.2 Å². The number of hydrogen-bond donors (Lipinski definition) is 0. The van der Waals surface area contributed by atoms with Gasteiger partial charge >= 0.3 is 0 Å². The molecule has 0 unspecified atom stereocenters. The summed E-state index contributed by atoms with van der Waals surface area (Å²) >= 11 is 0. The Kier molecular flexibility index (Phi) is 7.86. The SMILES string of the molecule is CC1(C)c2cc(N(c3ccc(-c4cccc5ccccc45)cc3)c3cccc4ccccc34)ccc2-c2ccc(C3(c4ccccc4)c4ccccc4-c4ccccc43)cc21. The molecule has 0 atom stereocenters. The van der Waals surface area contributed by atoms with E-state index < -0.39 is 5.41 Å². The van der Waals surface area contributed by atoms with Crippen molar-refractivity contribution in [2.75, 3.05) is 4.90 Å². The van der Waals surface area contributed by atoms with Crippen LogP contribution >= 0.6 is 0 Å². The van der Waals surface area contributed by atoms with Gasteiger partial charge in [0.1, 0.15) is 0 Å². The normalized spacial score (nSPS) is 14.0. The van der Waals surface area contributed by atoms with E-state index in [1.807, 2.05) is 0 Å². The fourth-order valence-electron chi connectivity index (χ4n) is 10.9. The Hall–Kier alpha value is -7.48. The number of anilines is 3. The topological polar surface area (TPSA) is 3.24 Å². The number of fused-ring (bicyclic) bond motifs is 8. The van der Waals surface area contributed by atoms with Crippen LogP contribution in [0.2, 0.25) is 0 Å². The van der Waals surface area contributed by atoms with Crippen LogP contribution in [0, 0.1) is 0 Å². The van der Waals surface area contributed by atoms with E-state index in [4.69, 9.17) is 0 Å². The molecule has 0 radical (unpaired) electrons. The predicted octanol–water partition coefficient (Wildman–Crippen LogP) is 15.8. The molecule has 12 rings (SSSR count). The zero-order valence-electron chi connectivity index (χ0n) is 34.3. The van der Waals surface area contributed by atoms with Gasteiger partial charge in [-0.05, 0) is 113 Å². The Morgan fingerprint density at radius 2 is 0.836 bits per heavy atom. The highest BCUT2D eigenvalue weighted by Crippen LogP contribution is 2.58. The summed E-state index contributed by atoms with van der Waals surface area (Å²) in [5.74, 6) is 0. The second-order valence-corrected chi connectivity index (χ2v) is 17.2. The first-order valence-electron chi connectivity index (χ1n) is 21.4. The lowest BCUT2D eigenvalue weighted by molar-refractivity contribution is 0.655. The van der Waals surface area contributed by atoms with Crippen LogP contribution in [-0.2, 0) is 10.8 Å². The monoisotopic (exact) mass is 777 g/mol. The zero-order chi connectivity index (χ0) is 40.7. The highest BCUT2D eigenvalue weighted by atomic mass is 15.1. The van der Waals surface area contributed by atoms with Gasteiger partial charge in [-0.1, -0.05) is 208 Å². The summed E-state index contributed by atoms with van der Waals surface area (Å²) in [6.07, 6.45) is 0. The van der Waals surface area contributed by atoms with Crippen LogP contribution in [0.15, 0.2) is 224 Å². The molecule has 288 valence electrons. The van der Waals surface area contributed by atoms with Gasteiger partial charge in [0, 0.05) is 22.2 Å². The van der Waals surface area contributed by atoms with Crippen LogP contribution in [-0.4, -0.2) is 0 Å². The van der Waals surface area contributed by atoms with E-state index >= 15 is 0 Å². The third kappa shape index (κ3) is 5.20. The fourth-order valence-corrected chi connectivity index (χ4v) is 10.9. The predicted molar refractivity (Wildman–Crippen MR) is 256 cm³/mol. The smallest absolute Gasteiger partial charge is 0.0713 e. The van der Waals surface area contributed by atoms with E-state index in [-0.39, 0.29) is 5.41 Å². The van der Waals surface area contributed by atoms with Gasteiger partial charge in [-0.25, -0.2) is 0 Å². The molecular formula is C60H43N. The largest absolute Gasteiger partial charge is 0.310 e. The van der Waals surface area contributed by atoms with Crippen LogP contribution in [0.5, 0.6) is 0 Å². The standard InChI is InChI=1S/C60H43N/c1-59(2)56-38-44(60(43-20-4-3-5-21-43)54-27-12-10-24-50(54)51-25-11-13-28-55(51)60)32-36-52(56)53-37-35-46(39-57(53)59)61(58-29-15-19-41-17-7-9-23-49(41)58)45-33-30-42(31-34-45)48-26-14-18-40-16-6-8-22-47(40)48/h3-39H,1-2H3. The first-order chi connectivity index (χ1) is 30.0. The highest BCUT2D eigenvalue weighted by molar-refractivity contribution is 6.01. The second kappa shape index (κ2) is 13.5. The molecule has 0 amide bonds. The maximum absolute atomic E-state index is 2.54. The lowest BCUT2D eigenvalue weighted by Gasteiger charge is -2.35. The Balaban J connectivity index is 1.01. The van der Waals surface area contributed by atoms with E-state index in [0.29, 0.717) is 0 Å². The molecule has 1 nitrogen and oxygen atoms in total.